The summed E-state index contributed by atoms with van der Waals surface area (Å²) < 4.78 is 0. The summed E-state index contributed by atoms with van der Waals surface area (Å²) in [5, 5.41) is 1.74. The minimum absolute atomic E-state index is 0.746. The van der Waals surface area contributed by atoms with Crippen molar-refractivity contribution in [2.75, 3.05) is 5.75 Å². The number of nitrogens with zero attached hydrogens (tertiary/aromatic N) is 1. The first-order chi connectivity index (χ1) is 7.81. The average Bonchev–Trinajstić information content (AvgIpc) is 2.30. The van der Waals surface area contributed by atoms with Crippen LogP contribution in [0.4, 0.5) is 0 Å². The van der Waals surface area contributed by atoms with Crippen LogP contribution in [0.1, 0.15) is 12.0 Å². The van der Waals surface area contributed by atoms with Crippen molar-refractivity contribution in [3.8, 4) is 0 Å². The van der Waals surface area contributed by atoms with Gasteiger partial charge in [-0.05, 0) is 29.9 Å². The van der Waals surface area contributed by atoms with Crippen molar-refractivity contribution >= 4 is 41.2 Å². The fourth-order valence-electron chi connectivity index (χ4n) is 1.53. The second-order valence-corrected chi connectivity index (χ2v) is 4.34. The smallest absolute Gasteiger partial charge is 0.0722 e. The molecule has 0 atom stereocenters. The first-order valence-electron chi connectivity index (χ1n) is 5.13. The highest BCUT2D eigenvalue weighted by molar-refractivity contribution is 7.80. The van der Waals surface area contributed by atoms with Gasteiger partial charge in [0.05, 0.1) is 10.5 Å². The van der Waals surface area contributed by atoms with Gasteiger partial charge in [-0.2, -0.15) is 12.6 Å². The maximum Gasteiger partial charge on any atom is 0.0722 e. The Bertz CT molecular complexity index is 522. The Balaban J connectivity index is 2.37. The molecule has 0 radical (unpaired) electrons. The van der Waals surface area contributed by atoms with Crippen molar-refractivity contribution in [2.45, 2.75) is 6.42 Å². The van der Waals surface area contributed by atoms with Gasteiger partial charge in [0.1, 0.15) is 0 Å². The molecule has 0 fully saturated rings. The van der Waals surface area contributed by atoms with Crippen molar-refractivity contribution in [2.24, 2.45) is 0 Å². The molecular formula is C13H12ClNS. The van der Waals surface area contributed by atoms with Crippen LogP contribution in [-0.4, -0.2) is 10.7 Å². The fourth-order valence-corrected chi connectivity index (χ4v) is 1.89. The number of fused-ring (bicyclic) bond motifs is 1. The third kappa shape index (κ3) is 2.57. The Morgan fingerprint density at radius 2 is 2.19 bits per heavy atom. The molecule has 1 aromatic heterocycles. The first-order valence-corrected chi connectivity index (χ1v) is 6.14. The molecule has 0 bridgehead atoms. The maximum absolute atomic E-state index is 6.07. The Labute approximate surface area is 106 Å². The number of allylic oxidation sites excluding steroid dienone is 1. The molecule has 1 heterocycles. The topological polar surface area (TPSA) is 12.9 Å². The molecule has 2 rings (SSSR count). The van der Waals surface area contributed by atoms with Crippen LogP contribution in [0.5, 0.6) is 0 Å². The Kier molecular flexibility index (Phi) is 3.86. The summed E-state index contributed by atoms with van der Waals surface area (Å²) >= 11 is 10.2. The minimum atomic E-state index is 0.746. The van der Waals surface area contributed by atoms with E-state index < -0.39 is 0 Å². The minimum Gasteiger partial charge on any atom is -0.256 e. The monoisotopic (exact) mass is 249 g/mol. The molecular weight excluding hydrogens is 238 g/mol. The van der Waals surface area contributed by atoms with Crippen molar-refractivity contribution in [1.82, 2.24) is 4.98 Å². The van der Waals surface area contributed by atoms with Gasteiger partial charge in [-0.15, -0.1) is 0 Å². The van der Waals surface area contributed by atoms with Crippen molar-refractivity contribution < 1.29 is 0 Å². The zero-order valence-electron chi connectivity index (χ0n) is 8.73. The molecule has 0 unspecified atom stereocenters. The summed E-state index contributed by atoms with van der Waals surface area (Å²) in [6, 6.07) is 7.90. The number of rotatable bonds is 3. The van der Waals surface area contributed by atoms with Crippen molar-refractivity contribution in [3.05, 3.63) is 47.1 Å². The number of hydrogen-bond donors (Lipinski definition) is 1. The van der Waals surface area contributed by atoms with Crippen molar-refractivity contribution in [3.63, 3.8) is 0 Å². The lowest BCUT2D eigenvalue weighted by Gasteiger charge is -2.00. The molecule has 0 spiro atoms. The molecule has 0 aliphatic heterocycles. The molecule has 0 aliphatic rings. The van der Waals surface area contributed by atoms with Gasteiger partial charge >= 0.3 is 0 Å². The Hall–Kier alpha value is -0.990. The SMILES string of the molecule is SCCC=Cc1ccc2c(Cl)ccnc2c1. The maximum atomic E-state index is 6.07. The molecule has 2 aromatic rings. The quantitative estimate of drug-likeness (QED) is 0.804. The number of hydrogen-bond acceptors (Lipinski definition) is 2. The molecule has 0 N–H and O–H groups in total. The molecule has 0 amide bonds. The van der Waals surface area contributed by atoms with E-state index in [1.54, 1.807) is 12.3 Å². The summed E-state index contributed by atoms with van der Waals surface area (Å²) in [7, 11) is 0. The summed E-state index contributed by atoms with van der Waals surface area (Å²) in [4.78, 5) is 4.30. The lowest BCUT2D eigenvalue weighted by Crippen LogP contribution is -1.81. The Morgan fingerprint density at radius 1 is 1.31 bits per heavy atom. The average molecular weight is 250 g/mol. The van der Waals surface area contributed by atoms with Gasteiger partial charge in [-0.25, -0.2) is 0 Å². The summed E-state index contributed by atoms with van der Waals surface area (Å²) in [5.41, 5.74) is 2.07. The van der Waals surface area contributed by atoms with E-state index in [-0.39, 0.29) is 0 Å². The van der Waals surface area contributed by atoms with Gasteiger partial charge in [0, 0.05) is 11.6 Å². The van der Waals surface area contributed by atoms with Crippen molar-refractivity contribution in [1.29, 1.82) is 0 Å². The zero-order chi connectivity index (χ0) is 11.4. The predicted molar refractivity (Wildman–Crippen MR) is 74.3 cm³/mol. The van der Waals surface area contributed by atoms with Crippen LogP contribution >= 0.6 is 24.2 Å². The largest absolute Gasteiger partial charge is 0.256 e. The van der Waals surface area contributed by atoms with E-state index in [9.17, 15) is 0 Å². The molecule has 0 saturated carbocycles. The highest BCUT2D eigenvalue weighted by atomic mass is 35.5. The van der Waals surface area contributed by atoms with E-state index in [2.05, 4.69) is 29.8 Å². The zero-order valence-corrected chi connectivity index (χ0v) is 10.4. The van der Waals surface area contributed by atoms with Crippen LogP contribution in [0.25, 0.3) is 17.0 Å². The van der Waals surface area contributed by atoms with Crippen LogP contribution in [-0.2, 0) is 0 Å². The van der Waals surface area contributed by atoms with E-state index in [1.807, 2.05) is 18.2 Å². The third-order valence-corrected chi connectivity index (χ3v) is 2.91. The van der Waals surface area contributed by atoms with Crippen LogP contribution in [0.15, 0.2) is 36.5 Å². The van der Waals surface area contributed by atoms with Gasteiger partial charge in [-0.1, -0.05) is 35.9 Å². The fraction of sp³-hybridized carbons (Fsp3) is 0.154. The summed E-state index contributed by atoms with van der Waals surface area (Å²) in [5.74, 6) is 0.869. The number of halogens is 1. The molecule has 1 nitrogen and oxygen atoms in total. The second kappa shape index (κ2) is 5.37. The van der Waals surface area contributed by atoms with Gasteiger partial charge in [0.15, 0.2) is 0 Å². The molecule has 1 aromatic carbocycles. The summed E-state index contributed by atoms with van der Waals surface area (Å²) in [6.45, 7) is 0. The first kappa shape index (κ1) is 11.5. The highest BCUT2D eigenvalue weighted by Gasteiger charge is 1.99. The molecule has 0 aliphatic carbocycles. The molecule has 82 valence electrons. The summed E-state index contributed by atoms with van der Waals surface area (Å²) in [6.07, 6.45) is 6.90. The standard InChI is InChI=1S/C13H12ClNS/c14-12-6-7-15-13-9-10(3-1-2-8-16)4-5-11(12)13/h1,3-7,9,16H,2,8H2. The van der Waals surface area contributed by atoms with Crippen LogP contribution in [0.2, 0.25) is 5.02 Å². The highest BCUT2D eigenvalue weighted by Crippen LogP contribution is 2.22. The molecule has 3 heteroatoms. The van der Waals surface area contributed by atoms with Gasteiger partial charge in [0.2, 0.25) is 0 Å². The second-order valence-electron chi connectivity index (χ2n) is 3.48. The third-order valence-electron chi connectivity index (χ3n) is 2.32. The molecule has 16 heavy (non-hydrogen) atoms. The van der Waals surface area contributed by atoms with E-state index in [4.69, 9.17) is 11.6 Å². The Morgan fingerprint density at radius 3 is 3.00 bits per heavy atom. The number of aromatic nitrogens is 1. The normalized spacial score (nSPS) is 11.4. The molecule has 0 saturated heterocycles. The van der Waals surface area contributed by atoms with Gasteiger partial charge in [-0.3, -0.25) is 4.98 Å². The number of pyridine rings is 1. The number of thiol groups is 1. The van der Waals surface area contributed by atoms with Crippen LogP contribution in [0.3, 0.4) is 0 Å². The van der Waals surface area contributed by atoms with E-state index in [0.717, 1.165) is 33.7 Å². The van der Waals surface area contributed by atoms with E-state index in [1.165, 1.54) is 0 Å². The number of benzene rings is 1. The van der Waals surface area contributed by atoms with Gasteiger partial charge < -0.3 is 0 Å². The van der Waals surface area contributed by atoms with Crippen LogP contribution < -0.4 is 0 Å². The van der Waals surface area contributed by atoms with E-state index >= 15 is 0 Å². The predicted octanol–water partition coefficient (Wildman–Crippen LogP) is 4.22. The van der Waals surface area contributed by atoms with Crippen LogP contribution in [0, 0.1) is 0 Å². The lowest BCUT2D eigenvalue weighted by atomic mass is 10.1. The van der Waals surface area contributed by atoms with Gasteiger partial charge in [0.25, 0.3) is 0 Å². The van der Waals surface area contributed by atoms with E-state index in [0.29, 0.717) is 0 Å². The lowest BCUT2D eigenvalue weighted by molar-refractivity contribution is 1.26.